The molecule has 0 aliphatic carbocycles. The molecule has 0 radical (unpaired) electrons. The van der Waals surface area contributed by atoms with Crippen molar-refractivity contribution in [1.29, 1.82) is 0 Å². The van der Waals surface area contributed by atoms with Crippen molar-refractivity contribution in [3.63, 3.8) is 0 Å². The number of nitrogens with one attached hydrogen (secondary N) is 1. The van der Waals surface area contributed by atoms with E-state index < -0.39 is 0 Å². The van der Waals surface area contributed by atoms with Crippen LogP contribution in [0.1, 0.15) is 27.9 Å². The van der Waals surface area contributed by atoms with Crippen molar-refractivity contribution < 1.29 is 14.7 Å². The van der Waals surface area contributed by atoms with Crippen molar-refractivity contribution >= 4 is 39.1 Å². The van der Waals surface area contributed by atoms with Crippen LogP contribution in [0.15, 0.2) is 35.5 Å². The van der Waals surface area contributed by atoms with Crippen LogP contribution in [0.3, 0.4) is 0 Å². The van der Waals surface area contributed by atoms with Crippen molar-refractivity contribution in [3.8, 4) is 5.75 Å². The molecule has 4 N–H and O–H groups in total. The lowest BCUT2D eigenvalue weighted by molar-refractivity contribution is 0.0960. The topological polar surface area (TPSA) is 123 Å². The molecular weight excluding hydrogens is 354 g/mol. The molecule has 1 amide bonds. The minimum absolute atomic E-state index is 0.0286. The standard InChI is InChI=1S/C17H17N5O3S/c1-3-19-15(23)12-8-11-14(20-17(18)21-16(11)26-12)13(22-24)9-5-4-6-10(7-9)25-2/h4-8,24H,3H2,1-2H3,(H,19,23)(H2,18,20,21). The summed E-state index contributed by atoms with van der Waals surface area (Å²) in [7, 11) is 1.55. The molecule has 9 heteroatoms. The second-order valence-corrected chi connectivity index (χ2v) is 6.33. The van der Waals surface area contributed by atoms with Gasteiger partial charge >= 0.3 is 0 Å². The van der Waals surface area contributed by atoms with Crippen molar-refractivity contribution in [2.45, 2.75) is 6.92 Å². The van der Waals surface area contributed by atoms with E-state index in [1.165, 1.54) is 11.3 Å². The largest absolute Gasteiger partial charge is 0.497 e. The van der Waals surface area contributed by atoms with Gasteiger partial charge in [0.05, 0.1) is 12.0 Å². The number of nitrogens with two attached hydrogens (primary N) is 1. The molecule has 8 nitrogen and oxygen atoms in total. The van der Waals surface area contributed by atoms with Gasteiger partial charge in [0.25, 0.3) is 5.91 Å². The fourth-order valence-electron chi connectivity index (χ4n) is 2.49. The summed E-state index contributed by atoms with van der Waals surface area (Å²) in [5.41, 5.74) is 6.97. The Morgan fingerprint density at radius 1 is 1.38 bits per heavy atom. The van der Waals surface area contributed by atoms with Gasteiger partial charge in [-0.05, 0) is 25.1 Å². The van der Waals surface area contributed by atoms with Gasteiger partial charge in [-0.25, -0.2) is 9.97 Å². The second kappa shape index (κ2) is 7.36. The predicted molar refractivity (Wildman–Crippen MR) is 100 cm³/mol. The van der Waals surface area contributed by atoms with E-state index >= 15 is 0 Å². The lowest BCUT2D eigenvalue weighted by atomic mass is 10.0. The van der Waals surface area contributed by atoms with Crippen molar-refractivity contribution in [1.82, 2.24) is 15.3 Å². The molecule has 3 rings (SSSR count). The van der Waals surface area contributed by atoms with Gasteiger partial charge in [-0.3, -0.25) is 4.79 Å². The average molecular weight is 371 g/mol. The Labute approximate surface area is 153 Å². The maximum absolute atomic E-state index is 12.1. The van der Waals surface area contributed by atoms with Crippen LogP contribution in [0.2, 0.25) is 0 Å². The number of thiophene rings is 1. The van der Waals surface area contributed by atoms with E-state index in [1.54, 1.807) is 37.4 Å². The molecule has 2 heterocycles. The molecule has 134 valence electrons. The number of hydrogen-bond acceptors (Lipinski definition) is 8. The van der Waals surface area contributed by atoms with Gasteiger partial charge in [-0.15, -0.1) is 11.3 Å². The number of nitrogens with zero attached hydrogens (tertiary/aromatic N) is 3. The van der Waals surface area contributed by atoms with E-state index in [-0.39, 0.29) is 17.6 Å². The minimum atomic E-state index is -0.205. The highest BCUT2D eigenvalue weighted by molar-refractivity contribution is 7.20. The highest BCUT2D eigenvalue weighted by Gasteiger charge is 2.20. The zero-order valence-corrected chi connectivity index (χ0v) is 15.0. The smallest absolute Gasteiger partial charge is 0.261 e. The summed E-state index contributed by atoms with van der Waals surface area (Å²) >= 11 is 1.20. The quantitative estimate of drug-likeness (QED) is 0.359. The number of methoxy groups -OCH3 is 1. The molecule has 0 spiro atoms. The van der Waals surface area contributed by atoms with Crippen LogP contribution in [0.5, 0.6) is 5.75 Å². The fourth-order valence-corrected chi connectivity index (χ4v) is 3.44. The van der Waals surface area contributed by atoms with Crippen molar-refractivity contribution in [3.05, 3.63) is 46.5 Å². The molecule has 0 aliphatic heterocycles. The number of ether oxygens (including phenoxy) is 1. The van der Waals surface area contributed by atoms with E-state index in [0.29, 0.717) is 38.6 Å². The maximum atomic E-state index is 12.1. The summed E-state index contributed by atoms with van der Waals surface area (Å²) in [5, 5.41) is 16.3. The Kier molecular flexibility index (Phi) is 4.99. The Morgan fingerprint density at radius 2 is 2.19 bits per heavy atom. The van der Waals surface area contributed by atoms with Gasteiger partial charge in [0.1, 0.15) is 22.0 Å². The number of amides is 1. The second-order valence-electron chi connectivity index (χ2n) is 5.30. The predicted octanol–water partition coefficient (Wildman–Crippen LogP) is 2.26. The van der Waals surface area contributed by atoms with Gasteiger partial charge in [-0.2, -0.15) is 0 Å². The van der Waals surface area contributed by atoms with Crippen LogP contribution in [-0.2, 0) is 0 Å². The first-order valence-corrected chi connectivity index (χ1v) is 8.61. The Hall–Kier alpha value is -3.20. The molecule has 2 aromatic heterocycles. The van der Waals surface area contributed by atoms with E-state index in [9.17, 15) is 10.0 Å². The average Bonchev–Trinajstić information content (AvgIpc) is 3.07. The third-order valence-corrected chi connectivity index (χ3v) is 4.67. The molecule has 0 atom stereocenters. The summed E-state index contributed by atoms with van der Waals surface area (Å²) in [6.45, 7) is 2.36. The SMILES string of the molecule is CCNC(=O)c1cc2c(C(=NO)c3cccc(OC)c3)nc(N)nc2s1. The monoisotopic (exact) mass is 371 g/mol. The highest BCUT2D eigenvalue weighted by Crippen LogP contribution is 2.29. The van der Waals surface area contributed by atoms with E-state index in [4.69, 9.17) is 10.5 Å². The molecule has 0 saturated carbocycles. The van der Waals surface area contributed by atoms with Crippen molar-refractivity contribution in [2.24, 2.45) is 5.16 Å². The zero-order chi connectivity index (χ0) is 18.7. The number of rotatable bonds is 5. The van der Waals surface area contributed by atoms with Gasteiger partial charge in [0, 0.05) is 17.5 Å². The lowest BCUT2D eigenvalue weighted by Crippen LogP contribution is -2.21. The van der Waals surface area contributed by atoms with Crippen LogP contribution in [0, 0.1) is 0 Å². The van der Waals surface area contributed by atoms with Gasteiger partial charge < -0.3 is 21.0 Å². The molecule has 0 bridgehead atoms. The number of benzene rings is 1. The molecule has 0 aliphatic rings. The van der Waals surface area contributed by atoms with Crippen LogP contribution < -0.4 is 15.8 Å². The highest BCUT2D eigenvalue weighted by atomic mass is 32.1. The first kappa shape index (κ1) is 17.6. The first-order chi connectivity index (χ1) is 12.6. The summed E-state index contributed by atoms with van der Waals surface area (Å²) < 4.78 is 5.21. The number of anilines is 1. The maximum Gasteiger partial charge on any atom is 0.261 e. The zero-order valence-electron chi connectivity index (χ0n) is 14.2. The number of hydrogen-bond donors (Lipinski definition) is 3. The number of fused-ring (bicyclic) bond motifs is 1. The summed E-state index contributed by atoms with van der Waals surface area (Å²) in [6, 6.07) is 8.70. The third kappa shape index (κ3) is 3.29. The van der Waals surface area contributed by atoms with Crippen molar-refractivity contribution in [2.75, 3.05) is 19.4 Å². The summed E-state index contributed by atoms with van der Waals surface area (Å²) in [6.07, 6.45) is 0. The summed E-state index contributed by atoms with van der Waals surface area (Å²) in [5.74, 6) is 0.431. The first-order valence-electron chi connectivity index (χ1n) is 7.79. The Bertz CT molecular complexity index is 999. The number of oxime groups is 1. The van der Waals surface area contributed by atoms with Crippen LogP contribution in [-0.4, -0.2) is 40.4 Å². The molecule has 3 aromatic rings. The normalized spacial score (nSPS) is 11.5. The van der Waals surface area contributed by atoms with Crippen LogP contribution in [0.25, 0.3) is 10.2 Å². The molecule has 26 heavy (non-hydrogen) atoms. The molecular formula is C17H17N5O3S. The number of aromatic nitrogens is 2. The van der Waals surface area contributed by atoms with Gasteiger partial charge in [0.2, 0.25) is 5.95 Å². The third-order valence-electron chi connectivity index (χ3n) is 3.64. The van der Waals surface area contributed by atoms with Crippen LogP contribution >= 0.6 is 11.3 Å². The number of carbonyl (C=O) groups is 1. The van der Waals surface area contributed by atoms with Crippen LogP contribution in [0.4, 0.5) is 5.95 Å². The molecule has 0 unspecified atom stereocenters. The van der Waals surface area contributed by atoms with E-state index in [1.807, 2.05) is 6.92 Å². The van der Waals surface area contributed by atoms with Gasteiger partial charge in [0.15, 0.2) is 0 Å². The molecule has 1 aromatic carbocycles. The Balaban J connectivity index is 2.17. The molecule has 0 fully saturated rings. The fraction of sp³-hybridized carbons (Fsp3) is 0.176. The number of carbonyl (C=O) groups excluding carboxylic acids is 1. The molecule has 0 saturated heterocycles. The Morgan fingerprint density at radius 3 is 2.88 bits per heavy atom. The van der Waals surface area contributed by atoms with E-state index in [0.717, 1.165) is 0 Å². The number of nitrogen functional groups attached to an aromatic ring is 1. The van der Waals surface area contributed by atoms with Gasteiger partial charge in [-0.1, -0.05) is 17.3 Å². The van der Waals surface area contributed by atoms with E-state index in [2.05, 4.69) is 20.4 Å². The minimum Gasteiger partial charge on any atom is -0.497 e. The lowest BCUT2D eigenvalue weighted by Gasteiger charge is -2.08. The summed E-state index contributed by atoms with van der Waals surface area (Å²) in [4.78, 5) is 21.6.